The number of carbonyl (C=O) groups excluding carboxylic acids is 4. The number of fused-ring (bicyclic) bond motifs is 1. The number of halogens is 2. The molecular weight excluding hydrogens is 474 g/mol. The van der Waals surface area contributed by atoms with Crippen molar-refractivity contribution in [3.8, 4) is 0 Å². The number of nitrogens with one attached hydrogen (secondary N) is 3. The predicted octanol–water partition coefficient (Wildman–Crippen LogP) is 2.55. The molecule has 188 valence electrons. The first-order valence-corrected chi connectivity index (χ1v) is 11.7. The summed E-state index contributed by atoms with van der Waals surface area (Å²) < 4.78 is 33.5. The quantitative estimate of drug-likeness (QED) is 0.561. The average Bonchev–Trinajstić information content (AvgIpc) is 3.14. The Labute approximate surface area is 205 Å². The van der Waals surface area contributed by atoms with Crippen LogP contribution in [0.2, 0.25) is 0 Å². The fraction of sp³-hybridized carbons (Fsp3) is 0.360. The van der Waals surface area contributed by atoms with Gasteiger partial charge in [0.25, 0.3) is 5.91 Å². The molecular formula is C25H24F2N4O5. The monoisotopic (exact) mass is 498 g/mol. The Morgan fingerprint density at radius 2 is 1.86 bits per heavy atom. The molecule has 3 heterocycles. The standard InChI is InChI=1S/C25H24F2N4O5/c26-15-1-4-18(19(27)12-15)25(7-9-36-10-8-25)30-24(35)28-16-2-3-17-14(11-16)13-31(23(17)34)20-5-6-21(32)29-22(20)33/h1-4,11-12,20H,5-10,13H2,(H2,28,30,35)(H,29,32,33). The summed E-state index contributed by atoms with van der Waals surface area (Å²) in [5.74, 6) is -2.63. The van der Waals surface area contributed by atoms with Crippen molar-refractivity contribution in [1.82, 2.24) is 15.5 Å². The van der Waals surface area contributed by atoms with Crippen molar-refractivity contribution in [2.45, 2.75) is 43.8 Å². The second kappa shape index (κ2) is 9.30. The van der Waals surface area contributed by atoms with Crippen LogP contribution in [0.3, 0.4) is 0 Å². The van der Waals surface area contributed by atoms with Crippen LogP contribution < -0.4 is 16.0 Å². The minimum atomic E-state index is -1.07. The van der Waals surface area contributed by atoms with Gasteiger partial charge in [0.05, 0.1) is 5.54 Å². The number of nitrogens with zero attached hydrogens (tertiary/aromatic N) is 1. The van der Waals surface area contributed by atoms with Crippen LogP contribution in [-0.4, -0.2) is 47.9 Å². The lowest BCUT2D eigenvalue weighted by atomic mass is 9.82. The summed E-state index contributed by atoms with van der Waals surface area (Å²) in [6.45, 7) is 0.766. The van der Waals surface area contributed by atoms with Gasteiger partial charge < -0.3 is 20.3 Å². The molecule has 11 heteroatoms. The van der Waals surface area contributed by atoms with Crippen LogP contribution >= 0.6 is 0 Å². The van der Waals surface area contributed by atoms with Crippen molar-refractivity contribution in [3.05, 3.63) is 64.7 Å². The number of hydrogen-bond donors (Lipinski definition) is 3. The highest BCUT2D eigenvalue weighted by atomic mass is 19.1. The molecule has 2 aromatic carbocycles. The Balaban J connectivity index is 1.31. The van der Waals surface area contributed by atoms with Gasteiger partial charge in [0, 0.05) is 49.1 Å². The van der Waals surface area contributed by atoms with Crippen LogP contribution in [0, 0.1) is 11.6 Å². The maximum atomic E-state index is 14.6. The van der Waals surface area contributed by atoms with Gasteiger partial charge in [0.1, 0.15) is 17.7 Å². The van der Waals surface area contributed by atoms with Crippen molar-refractivity contribution < 1.29 is 32.7 Å². The van der Waals surface area contributed by atoms with E-state index in [1.165, 1.54) is 11.0 Å². The lowest BCUT2D eigenvalue weighted by Crippen LogP contribution is -2.52. The molecule has 36 heavy (non-hydrogen) atoms. The number of piperidine rings is 1. The average molecular weight is 498 g/mol. The maximum Gasteiger partial charge on any atom is 0.319 e. The van der Waals surface area contributed by atoms with Gasteiger partial charge in [-0.25, -0.2) is 13.6 Å². The van der Waals surface area contributed by atoms with Gasteiger partial charge >= 0.3 is 6.03 Å². The van der Waals surface area contributed by atoms with Crippen LogP contribution in [0.4, 0.5) is 19.3 Å². The highest BCUT2D eigenvalue weighted by molar-refractivity contribution is 6.05. The van der Waals surface area contributed by atoms with Gasteiger partial charge in [0.15, 0.2) is 0 Å². The molecule has 3 N–H and O–H groups in total. The van der Waals surface area contributed by atoms with E-state index in [1.807, 2.05) is 0 Å². The summed E-state index contributed by atoms with van der Waals surface area (Å²) in [5, 5.41) is 7.84. The van der Waals surface area contributed by atoms with E-state index in [9.17, 15) is 28.0 Å². The van der Waals surface area contributed by atoms with E-state index in [4.69, 9.17) is 4.74 Å². The smallest absolute Gasteiger partial charge is 0.319 e. The first-order valence-electron chi connectivity index (χ1n) is 11.7. The fourth-order valence-corrected chi connectivity index (χ4v) is 5.09. The number of hydrogen-bond acceptors (Lipinski definition) is 5. The van der Waals surface area contributed by atoms with Gasteiger partial charge in [-0.3, -0.25) is 19.7 Å². The van der Waals surface area contributed by atoms with E-state index in [0.717, 1.165) is 12.1 Å². The second-order valence-electron chi connectivity index (χ2n) is 9.17. The van der Waals surface area contributed by atoms with E-state index < -0.39 is 35.2 Å². The van der Waals surface area contributed by atoms with Crippen LogP contribution in [0.1, 0.15) is 47.2 Å². The van der Waals surface area contributed by atoms with E-state index in [1.54, 1.807) is 18.2 Å². The number of urea groups is 1. The summed E-state index contributed by atoms with van der Waals surface area (Å²) in [6, 6.07) is 6.74. The molecule has 5 rings (SSSR count). The highest BCUT2D eigenvalue weighted by Gasteiger charge is 2.40. The van der Waals surface area contributed by atoms with Crippen LogP contribution in [0.25, 0.3) is 0 Å². The molecule has 2 aromatic rings. The second-order valence-corrected chi connectivity index (χ2v) is 9.17. The van der Waals surface area contributed by atoms with E-state index >= 15 is 0 Å². The molecule has 2 saturated heterocycles. The Kier molecular flexibility index (Phi) is 6.17. The lowest BCUT2D eigenvalue weighted by Gasteiger charge is -2.38. The zero-order valence-electron chi connectivity index (χ0n) is 19.2. The van der Waals surface area contributed by atoms with Crippen LogP contribution in [-0.2, 0) is 26.4 Å². The summed E-state index contributed by atoms with van der Waals surface area (Å²) in [6.07, 6.45) is 1.03. The Morgan fingerprint density at radius 1 is 1.08 bits per heavy atom. The normalized spacial score (nSPS) is 21.1. The molecule has 0 aliphatic carbocycles. The molecule has 0 bridgehead atoms. The van der Waals surface area contributed by atoms with Gasteiger partial charge in [-0.1, -0.05) is 6.07 Å². The first-order chi connectivity index (χ1) is 17.3. The zero-order valence-corrected chi connectivity index (χ0v) is 19.2. The minimum Gasteiger partial charge on any atom is -0.381 e. The van der Waals surface area contributed by atoms with Crippen molar-refractivity contribution in [2.75, 3.05) is 18.5 Å². The maximum absolute atomic E-state index is 14.6. The third-order valence-electron chi connectivity index (χ3n) is 6.93. The predicted molar refractivity (Wildman–Crippen MR) is 123 cm³/mol. The number of rotatable bonds is 4. The minimum absolute atomic E-state index is 0.158. The molecule has 3 aliphatic rings. The molecule has 0 radical (unpaired) electrons. The van der Waals surface area contributed by atoms with Gasteiger partial charge in [-0.05, 0) is 49.1 Å². The van der Waals surface area contributed by atoms with Crippen molar-refractivity contribution >= 4 is 29.4 Å². The zero-order chi connectivity index (χ0) is 25.4. The summed E-state index contributed by atoms with van der Waals surface area (Å²) >= 11 is 0. The Bertz CT molecular complexity index is 1260. The van der Waals surface area contributed by atoms with E-state index in [-0.39, 0.29) is 36.8 Å². The molecule has 3 aliphatic heterocycles. The van der Waals surface area contributed by atoms with Crippen LogP contribution in [0.15, 0.2) is 36.4 Å². The molecule has 1 atom stereocenters. The van der Waals surface area contributed by atoms with Crippen molar-refractivity contribution in [2.24, 2.45) is 0 Å². The summed E-state index contributed by atoms with van der Waals surface area (Å²) in [4.78, 5) is 50.9. The highest BCUT2D eigenvalue weighted by Crippen LogP contribution is 2.35. The Hall–Kier alpha value is -3.86. The molecule has 2 fully saturated rings. The number of carbonyl (C=O) groups is 4. The van der Waals surface area contributed by atoms with E-state index in [2.05, 4.69) is 16.0 Å². The number of anilines is 1. The SMILES string of the molecule is O=C1CCC(N2Cc3cc(NC(=O)NC4(c5ccc(F)cc5F)CCOCC4)ccc3C2=O)C(=O)N1. The van der Waals surface area contributed by atoms with Crippen molar-refractivity contribution in [1.29, 1.82) is 0 Å². The van der Waals surface area contributed by atoms with Crippen LogP contribution in [0.5, 0.6) is 0 Å². The number of ether oxygens (including phenoxy) is 1. The lowest BCUT2D eigenvalue weighted by molar-refractivity contribution is -0.136. The van der Waals surface area contributed by atoms with E-state index in [0.29, 0.717) is 42.9 Å². The van der Waals surface area contributed by atoms with Crippen molar-refractivity contribution in [3.63, 3.8) is 0 Å². The van der Waals surface area contributed by atoms with Gasteiger partial charge in [-0.2, -0.15) is 0 Å². The molecule has 5 amide bonds. The topological polar surface area (TPSA) is 117 Å². The van der Waals surface area contributed by atoms with Gasteiger partial charge in [-0.15, -0.1) is 0 Å². The third kappa shape index (κ3) is 4.41. The third-order valence-corrected chi connectivity index (χ3v) is 6.93. The number of amides is 5. The number of benzene rings is 2. The molecule has 0 aromatic heterocycles. The Morgan fingerprint density at radius 3 is 2.58 bits per heavy atom. The molecule has 0 spiro atoms. The number of imide groups is 1. The molecule has 0 saturated carbocycles. The summed E-state index contributed by atoms with van der Waals surface area (Å²) in [5.41, 5.74) is 0.565. The first kappa shape index (κ1) is 23.9. The van der Waals surface area contributed by atoms with Gasteiger partial charge in [0.2, 0.25) is 11.8 Å². The molecule has 1 unspecified atom stereocenters. The molecule has 9 nitrogen and oxygen atoms in total. The largest absolute Gasteiger partial charge is 0.381 e. The summed E-state index contributed by atoms with van der Waals surface area (Å²) in [7, 11) is 0. The fourth-order valence-electron chi connectivity index (χ4n) is 5.09.